The molecule has 0 aromatic rings. The van der Waals surface area contributed by atoms with Crippen molar-refractivity contribution >= 4 is 21.7 Å². The van der Waals surface area contributed by atoms with Crippen LogP contribution in [0.5, 0.6) is 0 Å². The number of carbonyl (C=O) groups is 2. The zero-order valence-electron chi connectivity index (χ0n) is 12.9. The summed E-state index contributed by atoms with van der Waals surface area (Å²) < 4.78 is 23.2. The van der Waals surface area contributed by atoms with Gasteiger partial charge in [0.1, 0.15) is 5.41 Å². The van der Waals surface area contributed by atoms with Crippen molar-refractivity contribution in [2.45, 2.75) is 52.1 Å². The Morgan fingerprint density at radius 2 is 1.95 bits per heavy atom. The number of nitrogens with zero attached hydrogens (tertiary/aromatic N) is 1. The Morgan fingerprint density at radius 1 is 1.33 bits per heavy atom. The maximum atomic E-state index is 12.7. The molecule has 6 nitrogen and oxygen atoms in total. The number of amides is 2. The third-order valence-electron chi connectivity index (χ3n) is 4.26. The summed E-state index contributed by atoms with van der Waals surface area (Å²) in [5, 5.41) is 2.81. The molecule has 120 valence electrons. The van der Waals surface area contributed by atoms with Gasteiger partial charge < -0.3 is 10.2 Å². The Labute approximate surface area is 126 Å². The second-order valence-electron chi connectivity index (χ2n) is 6.36. The summed E-state index contributed by atoms with van der Waals surface area (Å²) in [5.74, 6) is -0.270. The molecule has 1 aliphatic heterocycles. The molecule has 1 N–H and O–H groups in total. The number of hydrogen-bond donors (Lipinski definition) is 1. The summed E-state index contributed by atoms with van der Waals surface area (Å²) in [6.45, 7) is 5.99. The zero-order valence-corrected chi connectivity index (χ0v) is 13.7. The molecule has 1 aliphatic carbocycles. The maximum Gasteiger partial charge on any atom is 0.238 e. The van der Waals surface area contributed by atoms with E-state index in [0.29, 0.717) is 25.8 Å². The lowest BCUT2D eigenvalue weighted by Crippen LogP contribution is -2.50. The smallest absolute Gasteiger partial charge is 0.238 e. The van der Waals surface area contributed by atoms with Gasteiger partial charge in [-0.05, 0) is 40.0 Å². The predicted octanol–water partition coefficient (Wildman–Crippen LogP) is 0.327. The summed E-state index contributed by atoms with van der Waals surface area (Å²) in [7, 11) is -3.04. The SMILES string of the molecule is CCN(C(=O)C1(C(=O)NC(C)C)CC1)C1CCS(=O)(=O)C1. The van der Waals surface area contributed by atoms with Crippen molar-refractivity contribution in [3.8, 4) is 0 Å². The molecular formula is C14H24N2O4S. The topological polar surface area (TPSA) is 83.6 Å². The van der Waals surface area contributed by atoms with Crippen molar-refractivity contribution in [1.82, 2.24) is 10.2 Å². The summed E-state index contributed by atoms with van der Waals surface area (Å²) in [5.41, 5.74) is -0.952. The highest BCUT2D eigenvalue weighted by Gasteiger charge is 2.58. The summed E-state index contributed by atoms with van der Waals surface area (Å²) in [4.78, 5) is 26.6. The summed E-state index contributed by atoms with van der Waals surface area (Å²) >= 11 is 0. The van der Waals surface area contributed by atoms with E-state index in [1.165, 1.54) is 0 Å². The van der Waals surface area contributed by atoms with Gasteiger partial charge in [-0.25, -0.2) is 8.42 Å². The predicted molar refractivity (Wildman–Crippen MR) is 79.4 cm³/mol. The molecule has 1 saturated carbocycles. The van der Waals surface area contributed by atoms with E-state index in [0.717, 1.165) is 0 Å². The molecule has 0 radical (unpaired) electrons. The van der Waals surface area contributed by atoms with Gasteiger partial charge in [0.25, 0.3) is 0 Å². The number of hydrogen-bond acceptors (Lipinski definition) is 4. The van der Waals surface area contributed by atoms with Gasteiger partial charge in [0, 0.05) is 18.6 Å². The van der Waals surface area contributed by atoms with E-state index >= 15 is 0 Å². The first-order valence-electron chi connectivity index (χ1n) is 7.54. The number of rotatable bonds is 5. The lowest BCUT2D eigenvalue weighted by molar-refractivity contribution is -0.145. The van der Waals surface area contributed by atoms with E-state index in [9.17, 15) is 18.0 Å². The summed E-state index contributed by atoms with van der Waals surface area (Å²) in [6.07, 6.45) is 1.59. The third kappa shape index (κ3) is 3.22. The molecule has 1 heterocycles. The fourth-order valence-electron chi connectivity index (χ4n) is 2.93. The van der Waals surface area contributed by atoms with Crippen LogP contribution in [0.3, 0.4) is 0 Å². The molecule has 0 aromatic carbocycles. The van der Waals surface area contributed by atoms with Gasteiger partial charge in [-0.1, -0.05) is 0 Å². The minimum atomic E-state index is -3.04. The molecule has 0 spiro atoms. The van der Waals surface area contributed by atoms with Crippen molar-refractivity contribution in [2.75, 3.05) is 18.1 Å². The van der Waals surface area contributed by atoms with Crippen molar-refractivity contribution in [3.63, 3.8) is 0 Å². The first kappa shape index (κ1) is 16.3. The van der Waals surface area contributed by atoms with Gasteiger partial charge in [0.15, 0.2) is 9.84 Å². The normalized spacial score (nSPS) is 25.6. The van der Waals surface area contributed by atoms with Crippen molar-refractivity contribution in [3.05, 3.63) is 0 Å². The molecule has 2 rings (SSSR count). The highest BCUT2D eigenvalue weighted by Crippen LogP contribution is 2.48. The second-order valence-corrected chi connectivity index (χ2v) is 8.59. The van der Waals surface area contributed by atoms with Gasteiger partial charge in [0.2, 0.25) is 11.8 Å². The molecule has 21 heavy (non-hydrogen) atoms. The minimum Gasteiger partial charge on any atom is -0.353 e. The first-order valence-corrected chi connectivity index (χ1v) is 9.36. The molecular weight excluding hydrogens is 292 g/mol. The molecule has 2 amide bonds. The van der Waals surface area contributed by atoms with Crippen molar-refractivity contribution in [1.29, 1.82) is 0 Å². The molecule has 2 fully saturated rings. The second kappa shape index (κ2) is 5.59. The fourth-order valence-corrected chi connectivity index (χ4v) is 4.66. The standard InChI is InChI=1S/C14H24N2O4S/c1-4-16(11-5-8-21(19,20)9-11)13(18)14(6-7-14)12(17)15-10(2)3/h10-11H,4-9H2,1-3H3,(H,15,17). The molecule has 0 aromatic heterocycles. The highest BCUT2D eigenvalue weighted by atomic mass is 32.2. The van der Waals surface area contributed by atoms with Crippen LogP contribution in [-0.4, -0.2) is 55.3 Å². The zero-order chi connectivity index (χ0) is 15.8. The van der Waals surface area contributed by atoms with Crippen LogP contribution in [0.2, 0.25) is 0 Å². The lowest BCUT2D eigenvalue weighted by Gasteiger charge is -2.30. The van der Waals surface area contributed by atoms with Crippen LogP contribution >= 0.6 is 0 Å². The Morgan fingerprint density at radius 3 is 2.33 bits per heavy atom. The van der Waals surface area contributed by atoms with E-state index < -0.39 is 15.3 Å². The largest absolute Gasteiger partial charge is 0.353 e. The molecule has 1 atom stereocenters. The van der Waals surface area contributed by atoms with Crippen molar-refractivity contribution < 1.29 is 18.0 Å². The van der Waals surface area contributed by atoms with Crippen LogP contribution in [0.4, 0.5) is 0 Å². The molecule has 1 unspecified atom stereocenters. The van der Waals surface area contributed by atoms with Crippen LogP contribution in [0.15, 0.2) is 0 Å². The number of nitrogens with one attached hydrogen (secondary N) is 1. The van der Waals surface area contributed by atoms with Gasteiger partial charge in [0.05, 0.1) is 11.5 Å². The minimum absolute atomic E-state index is 0.00953. The van der Waals surface area contributed by atoms with E-state index in [1.54, 1.807) is 4.90 Å². The molecule has 1 saturated heterocycles. The molecule has 2 aliphatic rings. The van der Waals surface area contributed by atoms with Crippen LogP contribution < -0.4 is 5.32 Å². The molecule has 0 bridgehead atoms. The Kier molecular flexibility index (Phi) is 4.33. The average molecular weight is 316 g/mol. The Hall–Kier alpha value is -1.11. The molecule has 7 heteroatoms. The first-order chi connectivity index (χ1) is 9.72. The quantitative estimate of drug-likeness (QED) is 0.741. The average Bonchev–Trinajstić information content (AvgIpc) is 3.10. The van der Waals surface area contributed by atoms with Gasteiger partial charge in [-0.15, -0.1) is 0 Å². The van der Waals surface area contributed by atoms with E-state index in [2.05, 4.69) is 5.32 Å². The lowest BCUT2D eigenvalue weighted by atomic mass is 10.0. The van der Waals surface area contributed by atoms with E-state index in [1.807, 2.05) is 20.8 Å². The Bertz CT molecular complexity index is 537. The van der Waals surface area contributed by atoms with Crippen LogP contribution in [0.1, 0.15) is 40.0 Å². The van der Waals surface area contributed by atoms with E-state index in [-0.39, 0.29) is 35.4 Å². The Balaban J connectivity index is 2.12. The van der Waals surface area contributed by atoms with Crippen LogP contribution in [0.25, 0.3) is 0 Å². The third-order valence-corrected chi connectivity index (χ3v) is 6.01. The van der Waals surface area contributed by atoms with Gasteiger partial charge in [-0.3, -0.25) is 9.59 Å². The van der Waals surface area contributed by atoms with E-state index in [4.69, 9.17) is 0 Å². The van der Waals surface area contributed by atoms with Gasteiger partial charge in [-0.2, -0.15) is 0 Å². The van der Waals surface area contributed by atoms with Crippen LogP contribution in [-0.2, 0) is 19.4 Å². The summed E-state index contributed by atoms with van der Waals surface area (Å²) in [6, 6.07) is -0.290. The maximum absolute atomic E-state index is 12.7. The van der Waals surface area contributed by atoms with Crippen molar-refractivity contribution in [2.24, 2.45) is 5.41 Å². The number of carbonyl (C=O) groups excluding carboxylic acids is 2. The van der Waals surface area contributed by atoms with Gasteiger partial charge >= 0.3 is 0 Å². The fraction of sp³-hybridized carbons (Fsp3) is 0.857. The van der Waals surface area contributed by atoms with Crippen LogP contribution in [0, 0.1) is 5.41 Å². The number of sulfone groups is 1. The highest BCUT2D eigenvalue weighted by molar-refractivity contribution is 7.91. The monoisotopic (exact) mass is 316 g/mol.